The maximum Gasteiger partial charge on any atom is 0.307 e. The van der Waals surface area contributed by atoms with Gasteiger partial charge in [-0.1, -0.05) is 25.0 Å². The van der Waals surface area contributed by atoms with E-state index in [1.807, 2.05) is 24.3 Å². The fourth-order valence-corrected chi connectivity index (χ4v) is 3.17. The SMILES string of the molecule is O=C(O)C1CCCCC1C(=O)Nc1ccc(Cn2cncn2)cc1. The zero-order valence-electron chi connectivity index (χ0n) is 13.3. The van der Waals surface area contributed by atoms with Gasteiger partial charge in [0.25, 0.3) is 0 Å². The van der Waals surface area contributed by atoms with Crippen LogP contribution in [0.2, 0.25) is 0 Å². The summed E-state index contributed by atoms with van der Waals surface area (Å²) in [6.07, 6.45) is 6.11. The second-order valence-corrected chi connectivity index (χ2v) is 6.11. The van der Waals surface area contributed by atoms with Crippen LogP contribution in [0.4, 0.5) is 5.69 Å². The average Bonchev–Trinajstić information content (AvgIpc) is 3.09. The number of aliphatic carboxylic acids is 1. The summed E-state index contributed by atoms with van der Waals surface area (Å²) in [6.45, 7) is 0.609. The number of benzene rings is 1. The molecular weight excluding hydrogens is 308 g/mol. The van der Waals surface area contributed by atoms with Crippen molar-refractivity contribution in [1.82, 2.24) is 14.8 Å². The lowest BCUT2D eigenvalue weighted by atomic mass is 9.78. The third-order valence-corrected chi connectivity index (χ3v) is 4.45. The van der Waals surface area contributed by atoms with E-state index in [4.69, 9.17) is 0 Å². The van der Waals surface area contributed by atoms with Gasteiger partial charge in [0.05, 0.1) is 18.4 Å². The molecular formula is C17H20N4O3. The normalized spacial score (nSPS) is 20.5. The topological polar surface area (TPSA) is 97.1 Å². The molecule has 1 aromatic carbocycles. The maximum absolute atomic E-state index is 12.4. The number of nitrogens with zero attached hydrogens (tertiary/aromatic N) is 3. The predicted octanol–water partition coefficient (Wildman–Crippen LogP) is 2.16. The molecule has 1 saturated carbocycles. The summed E-state index contributed by atoms with van der Waals surface area (Å²) in [5.41, 5.74) is 1.72. The lowest BCUT2D eigenvalue weighted by Gasteiger charge is -2.27. The molecule has 1 fully saturated rings. The van der Waals surface area contributed by atoms with E-state index < -0.39 is 17.8 Å². The molecule has 3 rings (SSSR count). The molecule has 24 heavy (non-hydrogen) atoms. The molecule has 0 aliphatic heterocycles. The van der Waals surface area contributed by atoms with Gasteiger partial charge < -0.3 is 10.4 Å². The first-order chi connectivity index (χ1) is 11.6. The number of carboxylic acids is 1. The fraction of sp³-hybridized carbons (Fsp3) is 0.412. The Morgan fingerprint density at radius 1 is 1.17 bits per heavy atom. The van der Waals surface area contributed by atoms with Gasteiger partial charge in [-0.3, -0.25) is 9.59 Å². The lowest BCUT2D eigenvalue weighted by molar-refractivity contribution is -0.147. The lowest BCUT2D eigenvalue weighted by Crippen LogP contribution is -2.36. The Hall–Kier alpha value is -2.70. The van der Waals surface area contributed by atoms with Crippen molar-refractivity contribution in [2.75, 3.05) is 5.32 Å². The van der Waals surface area contributed by atoms with Crippen LogP contribution in [0.15, 0.2) is 36.9 Å². The Bertz CT molecular complexity index is 697. The Morgan fingerprint density at radius 3 is 2.50 bits per heavy atom. The van der Waals surface area contributed by atoms with Crippen LogP contribution in [0.3, 0.4) is 0 Å². The Labute approximate surface area is 139 Å². The quantitative estimate of drug-likeness (QED) is 0.876. The largest absolute Gasteiger partial charge is 0.481 e. The van der Waals surface area contributed by atoms with Crippen molar-refractivity contribution in [2.45, 2.75) is 32.2 Å². The zero-order valence-corrected chi connectivity index (χ0v) is 13.3. The number of rotatable bonds is 5. The highest BCUT2D eigenvalue weighted by Gasteiger charge is 2.35. The first kappa shape index (κ1) is 16.2. The van der Waals surface area contributed by atoms with Crippen molar-refractivity contribution in [3.05, 3.63) is 42.5 Å². The highest BCUT2D eigenvalue weighted by atomic mass is 16.4. The van der Waals surface area contributed by atoms with Crippen molar-refractivity contribution in [1.29, 1.82) is 0 Å². The molecule has 7 nitrogen and oxygen atoms in total. The van der Waals surface area contributed by atoms with Gasteiger partial charge in [-0.2, -0.15) is 5.10 Å². The van der Waals surface area contributed by atoms with Gasteiger partial charge in [0.15, 0.2) is 0 Å². The first-order valence-corrected chi connectivity index (χ1v) is 8.08. The van der Waals surface area contributed by atoms with Crippen LogP contribution < -0.4 is 5.32 Å². The van der Waals surface area contributed by atoms with E-state index in [2.05, 4.69) is 15.4 Å². The predicted molar refractivity (Wildman–Crippen MR) is 87.3 cm³/mol. The van der Waals surface area contributed by atoms with Crippen LogP contribution in [-0.2, 0) is 16.1 Å². The molecule has 2 atom stereocenters. The maximum atomic E-state index is 12.4. The second kappa shape index (κ2) is 7.25. The molecule has 0 spiro atoms. The van der Waals surface area contributed by atoms with Crippen molar-refractivity contribution < 1.29 is 14.7 Å². The third kappa shape index (κ3) is 3.79. The summed E-state index contributed by atoms with van der Waals surface area (Å²) in [5.74, 6) is -2.11. The molecule has 2 aromatic rings. The summed E-state index contributed by atoms with van der Waals surface area (Å²) in [5, 5.41) is 16.2. The molecule has 1 aliphatic carbocycles. The number of carbonyl (C=O) groups is 2. The number of amides is 1. The molecule has 1 aromatic heterocycles. The van der Waals surface area contributed by atoms with Gasteiger partial charge in [0, 0.05) is 5.69 Å². The number of hydrogen-bond acceptors (Lipinski definition) is 4. The molecule has 2 unspecified atom stereocenters. The minimum Gasteiger partial charge on any atom is -0.481 e. The van der Waals surface area contributed by atoms with Crippen LogP contribution in [-0.4, -0.2) is 31.7 Å². The Morgan fingerprint density at radius 2 is 1.88 bits per heavy atom. The number of carboxylic acid groups (broad SMARTS) is 1. The molecule has 126 valence electrons. The second-order valence-electron chi connectivity index (χ2n) is 6.11. The van der Waals surface area contributed by atoms with E-state index in [1.54, 1.807) is 11.0 Å². The van der Waals surface area contributed by atoms with Gasteiger partial charge in [0.1, 0.15) is 12.7 Å². The number of hydrogen-bond donors (Lipinski definition) is 2. The standard InChI is InChI=1S/C17H20N4O3/c22-16(14-3-1-2-4-15(14)17(23)24)20-13-7-5-12(6-8-13)9-21-11-18-10-19-21/h5-8,10-11,14-15H,1-4,9H2,(H,20,22)(H,23,24). The first-order valence-electron chi connectivity index (χ1n) is 8.08. The van der Waals surface area contributed by atoms with Crippen molar-refractivity contribution >= 4 is 17.6 Å². The molecule has 0 saturated heterocycles. The van der Waals surface area contributed by atoms with E-state index >= 15 is 0 Å². The third-order valence-electron chi connectivity index (χ3n) is 4.45. The van der Waals surface area contributed by atoms with Gasteiger partial charge in [-0.15, -0.1) is 0 Å². The number of nitrogens with one attached hydrogen (secondary N) is 1. The van der Waals surface area contributed by atoms with Crippen molar-refractivity contribution in [3.63, 3.8) is 0 Å². The monoisotopic (exact) mass is 328 g/mol. The van der Waals surface area contributed by atoms with Gasteiger partial charge in [-0.05, 0) is 30.5 Å². The molecule has 0 radical (unpaired) electrons. The van der Waals surface area contributed by atoms with Gasteiger partial charge in [0.2, 0.25) is 5.91 Å². The van der Waals surface area contributed by atoms with Crippen LogP contribution in [0, 0.1) is 11.8 Å². The molecule has 7 heteroatoms. The molecule has 1 heterocycles. The number of anilines is 1. The van der Waals surface area contributed by atoms with E-state index in [0.717, 1.165) is 18.4 Å². The van der Waals surface area contributed by atoms with Crippen LogP contribution in [0.5, 0.6) is 0 Å². The highest BCUT2D eigenvalue weighted by Crippen LogP contribution is 2.31. The zero-order chi connectivity index (χ0) is 16.9. The minimum atomic E-state index is -0.877. The van der Waals surface area contributed by atoms with Gasteiger partial charge in [-0.25, -0.2) is 9.67 Å². The number of aromatic nitrogens is 3. The van der Waals surface area contributed by atoms with E-state index in [-0.39, 0.29) is 5.91 Å². The fourth-order valence-electron chi connectivity index (χ4n) is 3.17. The average molecular weight is 328 g/mol. The van der Waals surface area contributed by atoms with Crippen LogP contribution in [0.1, 0.15) is 31.2 Å². The summed E-state index contributed by atoms with van der Waals surface area (Å²) < 4.78 is 1.72. The van der Waals surface area contributed by atoms with E-state index in [1.165, 1.54) is 6.33 Å². The molecule has 2 N–H and O–H groups in total. The van der Waals surface area contributed by atoms with Gasteiger partial charge >= 0.3 is 5.97 Å². The van der Waals surface area contributed by atoms with E-state index in [9.17, 15) is 14.7 Å². The van der Waals surface area contributed by atoms with E-state index in [0.29, 0.717) is 25.1 Å². The van der Waals surface area contributed by atoms with Crippen LogP contribution >= 0.6 is 0 Å². The van der Waals surface area contributed by atoms with Crippen molar-refractivity contribution in [2.24, 2.45) is 11.8 Å². The summed E-state index contributed by atoms with van der Waals surface area (Å²) in [7, 11) is 0. The highest BCUT2D eigenvalue weighted by molar-refractivity contribution is 5.95. The molecule has 0 bridgehead atoms. The van der Waals surface area contributed by atoms with Crippen molar-refractivity contribution in [3.8, 4) is 0 Å². The number of carbonyl (C=O) groups excluding carboxylic acids is 1. The Balaban J connectivity index is 1.62. The molecule has 1 amide bonds. The summed E-state index contributed by atoms with van der Waals surface area (Å²) >= 11 is 0. The Kier molecular flexibility index (Phi) is 4.88. The summed E-state index contributed by atoms with van der Waals surface area (Å²) in [4.78, 5) is 27.6. The van der Waals surface area contributed by atoms with Crippen LogP contribution in [0.25, 0.3) is 0 Å². The summed E-state index contributed by atoms with van der Waals surface area (Å²) in [6, 6.07) is 7.46. The molecule has 1 aliphatic rings. The minimum absolute atomic E-state index is 0.203. The smallest absolute Gasteiger partial charge is 0.307 e.